The zero-order chi connectivity index (χ0) is 46.6. The van der Waals surface area contributed by atoms with Crippen molar-refractivity contribution in [1.29, 1.82) is 0 Å². The maximum Gasteiger partial charge on any atom is 0.343 e. The molecule has 0 saturated carbocycles. The van der Waals surface area contributed by atoms with Gasteiger partial charge in [-0.3, -0.25) is 4.79 Å². The lowest BCUT2D eigenvalue weighted by Gasteiger charge is -2.09. The number of hydrogen-bond donors (Lipinski definition) is 0. The first-order chi connectivity index (χ1) is 31.0. The van der Waals surface area contributed by atoms with Crippen LogP contribution in [-0.2, 0) is 33.3 Å². The highest BCUT2D eigenvalue weighted by Gasteiger charge is 2.12. The lowest BCUT2D eigenvalue weighted by Crippen LogP contribution is -2.09. The van der Waals surface area contributed by atoms with E-state index >= 15 is 0 Å². The van der Waals surface area contributed by atoms with Crippen molar-refractivity contribution in [2.45, 2.75) is 123 Å². The Hall–Kier alpha value is -5.75. The van der Waals surface area contributed by atoms with E-state index in [9.17, 15) is 24.0 Å². The molecule has 12 nitrogen and oxygen atoms in total. The number of carbonyl (C=O) groups excluding carboxylic acids is 5. The fraction of sp³-hybridized carbons (Fsp3) is 0.481. The van der Waals surface area contributed by atoms with Crippen LogP contribution in [0.15, 0.2) is 97.6 Å². The molecule has 0 aliphatic carbocycles. The lowest BCUT2D eigenvalue weighted by atomic mass is 10.1. The molecule has 12 heteroatoms. The second-order valence-corrected chi connectivity index (χ2v) is 15.4. The van der Waals surface area contributed by atoms with Gasteiger partial charge in [0.2, 0.25) is 0 Å². The Morgan fingerprint density at radius 2 is 0.906 bits per heavy atom. The Balaban J connectivity index is 0.000000465. The highest BCUT2D eigenvalue weighted by atomic mass is 16.6. The summed E-state index contributed by atoms with van der Waals surface area (Å²) in [5.74, 6) is -0.488. The van der Waals surface area contributed by atoms with Crippen molar-refractivity contribution in [2.75, 3.05) is 40.1 Å². The van der Waals surface area contributed by atoms with Gasteiger partial charge in [0.15, 0.2) is 0 Å². The van der Waals surface area contributed by atoms with Crippen LogP contribution in [0, 0.1) is 6.92 Å². The van der Waals surface area contributed by atoms with Crippen LogP contribution in [0.1, 0.15) is 142 Å². The fourth-order valence-electron chi connectivity index (χ4n) is 5.94. The van der Waals surface area contributed by atoms with Gasteiger partial charge in [0, 0.05) is 31.8 Å². The lowest BCUT2D eigenvalue weighted by molar-refractivity contribution is -0.144. The quantitative estimate of drug-likeness (QED) is 0.0193. The SMILES string of the molecule is C=C(C)C(=O)OCCCCCC(=O)OCCCCCCCCCCCOC.C=CC(=O)OCCCCCCOc1ccc(C(=O)Oc2ccc(OC(=O)c3ccc(C)cc3)cc2)cc1. The molecule has 0 amide bonds. The van der Waals surface area contributed by atoms with Gasteiger partial charge in [0.1, 0.15) is 17.2 Å². The number of unbranched alkanes of at least 4 members (excludes halogenated alkanes) is 13. The molecule has 0 N–H and O–H groups in total. The van der Waals surface area contributed by atoms with Crippen LogP contribution in [-0.4, -0.2) is 70.0 Å². The summed E-state index contributed by atoms with van der Waals surface area (Å²) >= 11 is 0. The first-order valence-corrected chi connectivity index (χ1v) is 22.6. The summed E-state index contributed by atoms with van der Waals surface area (Å²) in [6.07, 6.45) is 18.5. The average molecular weight is 887 g/mol. The highest BCUT2D eigenvalue weighted by Crippen LogP contribution is 2.21. The largest absolute Gasteiger partial charge is 0.494 e. The average Bonchev–Trinajstić information content (AvgIpc) is 3.29. The summed E-state index contributed by atoms with van der Waals surface area (Å²) in [6.45, 7) is 13.2. The third kappa shape index (κ3) is 26.7. The van der Waals surface area contributed by atoms with Crippen molar-refractivity contribution in [3.8, 4) is 17.2 Å². The number of esters is 5. The first kappa shape index (κ1) is 54.4. The molecule has 0 aliphatic heterocycles. The molecule has 0 fully saturated rings. The van der Waals surface area contributed by atoms with E-state index in [0.29, 0.717) is 66.8 Å². The van der Waals surface area contributed by atoms with Gasteiger partial charge in [-0.15, -0.1) is 0 Å². The van der Waals surface area contributed by atoms with E-state index in [-0.39, 0.29) is 11.9 Å². The second-order valence-electron chi connectivity index (χ2n) is 15.4. The topological polar surface area (TPSA) is 150 Å². The van der Waals surface area contributed by atoms with Crippen molar-refractivity contribution in [1.82, 2.24) is 0 Å². The van der Waals surface area contributed by atoms with Crippen LogP contribution in [0.4, 0.5) is 0 Å². The summed E-state index contributed by atoms with van der Waals surface area (Å²) in [5, 5.41) is 0. The van der Waals surface area contributed by atoms with Gasteiger partial charge in [-0.2, -0.15) is 0 Å². The summed E-state index contributed by atoms with van der Waals surface area (Å²) in [7, 11) is 1.75. The number of ether oxygens (including phenoxy) is 7. The standard InChI is InChI=1S/C30H30O7.C22H40O5/c1-3-28(31)35-21-7-5-4-6-20-34-25-14-12-24(13-15-25)30(33)37-27-18-16-26(17-19-27)36-29(32)23-10-8-22(2)9-11-23;1-20(2)22(24)27-19-15-11-12-16-21(23)26-18-14-10-8-6-4-5-7-9-13-17-25-3/h3,8-19H,1,4-7,20-21H2,2H3;1,4-19H2,2-3H3. The normalized spacial score (nSPS) is 10.4. The Morgan fingerprint density at radius 1 is 0.500 bits per heavy atom. The molecule has 3 aromatic rings. The number of methoxy groups -OCH3 is 1. The first-order valence-electron chi connectivity index (χ1n) is 22.6. The minimum absolute atomic E-state index is 0.120. The molecule has 350 valence electrons. The number of benzene rings is 3. The van der Waals surface area contributed by atoms with E-state index < -0.39 is 17.9 Å². The van der Waals surface area contributed by atoms with Crippen LogP contribution in [0.25, 0.3) is 0 Å². The summed E-state index contributed by atoms with van der Waals surface area (Å²) in [6, 6.07) is 20.1. The minimum Gasteiger partial charge on any atom is -0.494 e. The second kappa shape index (κ2) is 34.7. The van der Waals surface area contributed by atoms with E-state index in [1.807, 2.05) is 19.1 Å². The Labute approximate surface area is 380 Å². The molecule has 0 spiro atoms. The van der Waals surface area contributed by atoms with Crippen molar-refractivity contribution in [2.24, 2.45) is 0 Å². The molecule has 3 rings (SSSR count). The van der Waals surface area contributed by atoms with Gasteiger partial charge in [0.25, 0.3) is 0 Å². The van der Waals surface area contributed by atoms with Crippen LogP contribution in [0.2, 0.25) is 0 Å². The Kier molecular flexibility index (Phi) is 29.5. The number of rotatable bonds is 32. The van der Waals surface area contributed by atoms with Crippen molar-refractivity contribution >= 4 is 29.8 Å². The smallest absolute Gasteiger partial charge is 0.343 e. The van der Waals surface area contributed by atoms with Gasteiger partial charge in [-0.25, -0.2) is 19.2 Å². The molecule has 0 saturated heterocycles. The highest BCUT2D eigenvalue weighted by molar-refractivity contribution is 5.92. The molecule has 0 atom stereocenters. The van der Waals surface area contributed by atoms with Gasteiger partial charge >= 0.3 is 29.8 Å². The van der Waals surface area contributed by atoms with Crippen LogP contribution in [0.5, 0.6) is 17.2 Å². The molecule has 0 unspecified atom stereocenters. The maximum absolute atomic E-state index is 12.5. The van der Waals surface area contributed by atoms with Gasteiger partial charge in [-0.1, -0.05) is 75.8 Å². The van der Waals surface area contributed by atoms with Crippen molar-refractivity contribution in [3.05, 3.63) is 114 Å². The predicted molar refractivity (Wildman–Crippen MR) is 248 cm³/mol. The van der Waals surface area contributed by atoms with Gasteiger partial charge < -0.3 is 33.2 Å². The molecule has 3 aromatic carbocycles. The summed E-state index contributed by atoms with van der Waals surface area (Å²) < 4.78 is 36.7. The number of aryl methyl sites for hydroxylation is 1. The third-order valence-corrected chi connectivity index (χ3v) is 9.70. The molecule has 0 bridgehead atoms. The van der Waals surface area contributed by atoms with E-state index in [0.717, 1.165) is 76.0 Å². The zero-order valence-corrected chi connectivity index (χ0v) is 38.4. The van der Waals surface area contributed by atoms with Crippen LogP contribution < -0.4 is 14.2 Å². The van der Waals surface area contributed by atoms with E-state index in [4.69, 9.17) is 33.2 Å². The molecule has 64 heavy (non-hydrogen) atoms. The third-order valence-electron chi connectivity index (χ3n) is 9.70. The number of carbonyl (C=O) groups is 5. The van der Waals surface area contributed by atoms with Crippen LogP contribution in [0.3, 0.4) is 0 Å². The van der Waals surface area contributed by atoms with E-state index in [1.54, 1.807) is 74.7 Å². The molecule has 0 heterocycles. The predicted octanol–water partition coefficient (Wildman–Crippen LogP) is 11.5. The molecular weight excluding hydrogens is 817 g/mol. The van der Waals surface area contributed by atoms with Crippen molar-refractivity contribution in [3.63, 3.8) is 0 Å². The molecule has 0 aliphatic rings. The Bertz CT molecular complexity index is 1800. The van der Waals surface area contributed by atoms with E-state index in [2.05, 4.69) is 13.2 Å². The Morgan fingerprint density at radius 3 is 1.39 bits per heavy atom. The van der Waals surface area contributed by atoms with Crippen LogP contribution >= 0.6 is 0 Å². The molecular formula is C52H70O12. The van der Waals surface area contributed by atoms with Gasteiger partial charge in [-0.05, 0) is 132 Å². The minimum atomic E-state index is -0.506. The summed E-state index contributed by atoms with van der Waals surface area (Å²) in [5.41, 5.74) is 2.31. The zero-order valence-electron chi connectivity index (χ0n) is 38.4. The monoisotopic (exact) mass is 886 g/mol. The fourth-order valence-corrected chi connectivity index (χ4v) is 5.94. The summed E-state index contributed by atoms with van der Waals surface area (Å²) in [4.78, 5) is 58.4. The van der Waals surface area contributed by atoms with E-state index in [1.165, 1.54) is 44.9 Å². The maximum atomic E-state index is 12.5. The molecule has 0 radical (unpaired) electrons. The van der Waals surface area contributed by atoms with Gasteiger partial charge in [0.05, 0.1) is 37.6 Å². The molecule has 0 aromatic heterocycles. The van der Waals surface area contributed by atoms with Crippen molar-refractivity contribution < 1.29 is 57.1 Å². The number of hydrogen-bond acceptors (Lipinski definition) is 12.